The van der Waals surface area contributed by atoms with Gasteiger partial charge in [-0.3, -0.25) is 9.69 Å². The third kappa shape index (κ3) is 2.95. The summed E-state index contributed by atoms with van der Waals surface area (Å²) in [7, 11) is 0. The maximum absolute atomic E-state index is 10.9. The Bertz CT molecular complexity index is 514. The quantitative estimate of drug-likeness (QED) is 0.729. The highest BCUT2D eigenvalue weighted by Crippen LogP contribution is 2.28. The second-order valence-corrected chi connectivity index (χ2v) is 4.58. The van der Waals surface area contributed by atoms with Gasteiger partial charge in [0.1, 0.15) is 6.07 Å². The number of rotatable bonds is 3. The van der Waals surface area contributed by atoms with Crippen LogP contribution in [0.25, 0.3) is 0 Å². The predicted octanol–water partition coefficient (Wildman–Crippen LogP) is -0.252. The Hall–Kier alpha value is -2.26. The minimum atomic E-state index is -0.314. The zero-order valence-corrected chi connectivity index (χ0v) is 10.7. The fourth-order valence-corrected chi connectivity index (χ4v) is 2.35. The molecule has 4 N–H and O–H groups in total. The third-order valence-electron chi connectivity index (χ3n) is 3.26. The van der Waals surface area contributed by atoms with Gasteiger partial charge in [-0.25, -0.2) is 0 Å². The van der Waals surface area contributed by atoms with Gasteiger partial charge < -0.3 is 16.4 Å². The lowest BCUT2D eigenvalue weighted by molar-refractivity contribution is -0.119. The summed E-state index contributed by atoms with van der Waals surface area (Å²) in [6.45, 7) is 3.22. The van der Waals surface area contributed by atoms with Gasteiger partial charge in [0.15, 0.2) is 0 Å². The summed E-state index contributed by atoms with van der Waals surface area (Å²) in [6.07, 6.45) is 0. The van der Waals surface area contributed by atoms with E-state index in [0.29, 0.717) is 11.3 Å². The first kappa shape index (κ1) is 13.2. The van der Waals surface area contributed by atoms with Crippen molar-refractivity contribution in [3.05, 3.63) is 23.8 Å². The van der Waals surface area contributed by atoms with Gasteiger partial charge in [0.2, 0.25) is 5.91 Å². The minimum Gasteiger partial charge on any atom is -0.397 e. The summed E-state index contributed by atoms with van der Waals surface area (Å²) in [5.74, 6) is -0.314. The van der Waals surface area contributed by atoms with Gasteiger partial charge >= 0.3 is 0 Å². The average molecular weight is 259 g/mol. The number of anilines is 2. The first-order valence-corrected chi connectivity index (χ1v) is 6.16. The Balaban J connectivity index is 2.10. The van der Waals surface area contributed by atoms with Crippen molar-refractivity contribution in [2.75, 3.05) is 43.4 Å². The average Bonchev–Trinajstić information content (AvgIpc) is 2.39. The number of benzene rings is 1. The van der Waals surface area contributed by atoms with Crippen LogP contribution in [0.4, 0.5) is 11.4 Å². The normalized spacial score (nSPS) is 16.1. The summed E-state index contributed by atoms with van der Waals surface area (Å²) < 4.78 is 0. The van der Waals surface area contributed by atoms with Crippen LogP contribution < -0.4 is 16.4 Å². The Morgan fingerprint density at radius 3 is 2.58 bits per heavy atom. The van der Waals surface area contributed by atoms with Crippen LogP contribution in [0.15, 0.2) is 18.2 Å². The Morgan fingerprint density at radius 1 is 1.32 bits per heavy atom. The van der Waals surface area contributed by atoms with Gasteiger partial charge in [-0.05, 0) is 12.1 Å². The van der Waals surface area contributed by atoms with Crippen LogP contribution in [0.5, 0.6) is 0 Å². The lowest BCUT2D eigenvalue weighted by Gasteiger charge is -2.36. The van der Waals surface area contributed by atoms with E-state index in [4.69, 9.17) is 16.7 Å². The maximum Gasteiger partial charge on any atom is 0.231 e. The van der Waals surface area contributed by atoms with E-state index in [2.05, 4.69) is 11.0 Å². The molecule has 19 heavy (non-hydrogen) atoms. The molecule has 1 aliphatic rings. The first-order chi connectivity index (χ1) is 9.11. The number of nitrogens with zero attached hydrogens (tertiary/aromatic N) is 3. The number of primary amides is 1. The minimum absolute atomic E-state index is 0.281. The Morgan fingerprint density at radius 2 is 2.00 bits per heavy atom. The number of para-hydroxylation sites is 1. The lowest BCUT2D eigenvalue weighted by Crippen LogP contribution is -2.49. The molecule has 0 bridgehead atoms. The highest BCUT2D eigenvalue weighted by atomic mass is 16.1. The topological polar surface area (TPSA) is 99.4 Å². The molecule has 1 aromatic carbocycles. The van der Waals surface area contributed by atoms with Crippen LogP contribution in [0, 0.1) is 11.3 Å². The molecule has 0 radical (unpaired) electrons. The number of carbonyl (C=O) groups excluding carboxylic acids is 1. The third-order valence-corrected chi connectivity index (χ3v) is 3.26. The van der Waals surface area contributed by atoms with Crippen molar-refractivity contribution in [2.45, 2.75) is 0 Å². The van der Waals surface area contributed by atoms with Crippen molar-refractivity contribution in [2.24, 2.45) is 5.73 Å². The molecule has 100 valence electrons. The molecule has 0 aromatic heterocycles. The van der Waals surface area contributed by atoms with E-state index in [9.17, 15) is 4.79 Å². The number of piperazine rings is 1. The van der Waals surface area contributed by atoms with Gasteiger partial charge in [-0.1, -0.05) is 6.07 Å². The molecule has 1 saturated heterocycles. The monoisotopic (exact) mass is 259 g/mol. The van der Waals surface area contributed by atoms with Crippen molar-refractivity contribution >= 4 is 17.3 Å². The maximum atomic E-state index is 10.9. The van der Waals surface area contributed by atoms with Crippen LogP contribution >= 0.6 is 0 Å². The zero-order chi connectivity index (χ0) is 13.8. The fourth-order valence-electron chi connectivity index (χ4n) is 2.35. The predicted molar refractivity (Wildman–Crippen MR) is 73.4 cm³/mol. The summed E-state index contributed by atoms with van der Waals surface area (Å²) in [4.78, 5) is 15.0. The number of hydrogen-bond donors (Lipinski definition) is 2. The van der Waals surface area contributed by atoms with Crippen LogP contribution in [-0.4, -0.2) is 43.5 Å². The molecule has 6 nitrogen and oxygen atoms in total. The van der Waals surface area contributed by atoms with Crippen LogP contribution in [0.1, 0.15) is 5.56 Å². The molecule has 0 saturated carbocycles. The van der Waals surface area contributed by atoms with Crippen molar-refractivity contribution < 1.29 is 4.79 Å². The fraction of sp³-hybridized carbons (Fsp3) is 0.385. The number of hydrogen-bond acceptors (Lipinski definition) is 5. The second kappa shape index (κ2) is 5.59. The number of nitrogen functional groups attached to an aromatic ring is 1. The van der Waals surface area contributed by atoms with Crippen LogP contribution in [0.2, 0.25) is 0 Å². The van der Waals surface area contributed by atoms with E-state index in [1.807, 2.05) is 4.90 Å². The van der Waals surface area contributed by atoms with Gasteiger partial charge in [0.05, 0.1) is 23.5 Å². The molecular weight excluding hydrogens is 242 g/mol. The van der Waals surface area contributed by atoms with Gasteiger partial charge in [-0.15, -0.1) is 0 Å². The number of nitrogens with two attached hydrogens (primary N) is 2. The van der Waals surface area contributed by atoms with Crippen LogP contribution in [0.3, 0.4) is 0 Å². The molecule has 1 heterocycles. The second-order valence-electron chi connectivity index (χ2n) is 4.58. The summed E-state index contributed by atoms with van der Waals surface area (Å²) in [6, 6.07) is 7.51. The van der Waals surface area contributed by atoms with E-state index >= 15 is 0 Å². The summed E-state index contributed by atoms with van der Waals surface area (Å²) in [5, 5.41) is 9.14. The molecule has 0 aliphatic carbocycles. The standard InChI is InChI=1S/C13H17N5O/c14-8-10-2-1-3-11(15)13(10)18-6-4-17(5-7-18)9-12(16)19/h1-3H,4-7,9,15H2,(H2,16,19). The van der Waals surface area contributed by atoms with Crippen molar-refractivity contribution in [1.29, 1.82) is 5.26 Å². The Kier molecular flexibility index (Phi) is 3.88. The van der Waals surface area contributed by atoms with Gasteiger partial charge in [-0.2, -0.15) is 5.26 Å². The largest absolute Gasteiger partial charge is 0.397 e. The van der Waals surface area contributed by atoms with E-state index in [-0.39, 0.29) is 12.5 Å². The van der Waals surface area contributed by atoms with Crippen molar-refractivity contribution in [3.8, 4) is 6.07 Å². The van der Waals surface area contributed by atoms with Crippen molar-refractivity contribution in [1.82, 2.24) is 4.90 Å². The number of amides is 1. The highest BCUT2D eigenvalue weighted by Gasteiger charge is 2.21. The highest BCUT2D eigenvalue weighted by molar-refractivity contribution is 5.76. The van der Waals surface area contributed by atoms with Gasteiger partial charge in [0.25, 0.3) is 0 Å². The van der Waals surface area contributed by atoms with Crippen LogP contribution in [-0.2, 0) is 4.79 Å². The Labute approximate surface area is 112 Å². The molecule has 6 heteroatoms. The summed E-state index contributed by atoms with van der Waals surface area (Å²) >= 11 is 0. The molecule has 1 fully saturated rings. The molecule has 0 atom stereocenters. The SMILES string of the molecule is N#Cc1cccc(N)c1N1CCN(CC(N)=O)CC1. The molecule has 0 spiro atoms. The molecule has 1 aromatic rings. The molecule has 1 aliphatic heterocycles. The smallest absolute Gasteiger partial charge is 0.231 e. The van der Waals surface area contributed by atoms with E-state index in [0.717, 1.165) is 31.9 Å². The summed E-state index contributed by atoms with van der Waals surface area (Å²) in [5.41, 5.74) is 13.1. The van der Waals surface area contributed by atoms with Gasteiger partial charge in [0, 0.05) is 26.2 Å². The zero-order valence-electron chi connectivity index (χ0n) is 10.7. The van der Waals surface area contributed by atoms with E-state index in [1.54, 1.807) is 18.2 Å². The molecule has 0 unspecified atom stereocenters. The molecular formula is C13H17N5O. The molecule has 2 rings (SSSR count). The lowest BCUT2D eigenvalue weighted by atomic mass is 10.1. The van der Waals surface area contributed by atoms with Crippen molar-refractivity contribution in [3.63, 3.8) is 0 Å². The number of nitriles is 1. The van der Waals surface area contributed by atoms with E-state index < -0.39 is 0 Å². The molecule has 1 amide bonds. The first-order valence-electron chi connectivity index (χ1n) is 6.16. The number of carbonyl (C=O) groups is 1. The van der Waals surface area contributed by atoms with E-state index in [1.165, 1.54) is 0 Å².